The summed E-state index contributed by atoms with van der Waals surface area (Å²) < 4.78 is 1.14. The minimum absolute atomic E-state index is 0. The van der Waals surface area contributed by atoms with Gasteiger partial charge >= 0.3 is 0 Å². The topological polar surface area (TPSA) is 20.2 Å². The van der Waals surface area contributed by atoms with E-state index in [-0.39, 0.29) is 12.4 Å². The van der Waals surface area contributed by atoms with Crippen molar-refractivity contribution < 1.29 is 5.11 Å². The molecular formula is C8H7ClOS. The molecule has 2 rings (SSSR count). The number of hydrogen-bond donors (Lipinski definition) is 1. The standard InChI is InChI=1S/C8H6OS.ClH/c9-7-2-1-6-3-4-10-8(6)5-7;/h1-5,9H;1H. The first-order valence-electron chi connectivity index (χ1n) is 3.02. The normalized spacial score (nSPS) is 9.45. The lowest BCUT2D eigenvalue weighted by Crippen LogP contribution is -1.61. The Morgan fingerprint density at radius 2 is 2.00 bits per heavy atom. The fourth-order valence-corrected chi connectivity index (χ4v) is 1.77. The molecule has 0 saturated carbocycles. The van der Waals surface area contributed by atoms with Crippen molar-refractivity contribution in [2.75, 3.05) is 0 Å². The predicted molar refractivity (Wildman–Crippen MR) is 50.7 cm³/mol. The molecule has 0 atom stereocenters. The second-order valence-corrected chi connectivity index (χ2v) is 3.09. The maximum absolute atomic E-state index is 9.06. The van der Waals surface area contributed by atoms with E-state index in [4.69, 9.17) is 5.11 Å². The molecule has 0 bridgehead atoms. The molecule has 0 saturated heterocycles. The molecule has 0 radical (unpaired) electrons. The number of rotatable bonds is 0. The van der Waals surface area contributed by atoms with Crippen LogP contribution in [0.2, 0.25) is 0 Å². The molecule has 0 aliphatic carbocycles. The Hall–Kier alpha value is -0.730. The molecule has 1 aromatic heterocycles. The summed E-state index contributed by atoms with van der Waals surface area (Å²) in [5, 5.41) is 12.3. The smallest absolute Gasteiger partial charge is 0.117 e. The van der Waals surface area contributed by atoms with Crippen molar-refractivity contribution in [2.45, 2.75) is 0 Å². The number of fused-ring (bicyclic) bond motifs is 1. The van der Waals surface area contributed by atoms with E-state index >= 15 is 0 Å². The van der Waals surface area contributed by atoms with E-state index in [9.17, 15) is 0 Å². The maximum Gasteiger partial charge on any atom is 0.117 e. The molecular weight excluding hydrogens is 180 g/mol. The van der Waals surface area contributed by atoms with Crippen molar-refractivity contribution in [3.63, 3.8) is 0 Å². The lowest BCUT2D eigenvalue weighted by atomic mass is 10.2. The molecule has 0 unspecified atom stereocenters. The Balaban J connectivity index is 0.000000605. The van der Waals surface area contributed by atoms with E-state index in [1.54, 1.807) is 23.5 Å². The molecule has 0 aliphatic rings. The third-order valence-corrected chi connectivity index (χ3v) is 2.32. The number of benzene rings is 1. The van der Waals surface area contributed by atoms with Gasteiger partial charge in [0.15, 0.2) is 0 Å². The summed E-state index contributed by atoms with van der Waals surface area (Å²) >= 11 is 1.64. The Morgan fingerprint density at radius 1 is 1.18 bits per heavy atom. The minimum Gasteiger partial charge on any atom is -0.508 e. The van der Waals surface area contributed by atoms with Gasteiger partial charge in [-0.2, -0.15) is 0 Å². The average Bonchev–Trinajstić information content (AvgIpc) is 2.33. The molecule has 58 valence electrons. The van der Waals surface area contributed by atoms with Crippen LogP contribution in [-0.2, 0) is 0 Å². The number of aromatic hydroxyl groups is 1. The van der Waals surface area contributed by atoms with Crippen LogP contribution in [0, 0.1) is 0 Å². The van der Waals surface area contributed by atoms with Gasteiger partial charge in [0, 0.05) is 4.70 Å². The van der Waals surface area contributed by atoms with Gasteiger partial charge in [0.1, 0.15) is 5.75 Å². The van der Waals surface area contributed by atoms with Gasteiger partial charge in [0.25, 0.3) is 0 Å². The lowest BCUT2D eigenvalue weighted by molar-refractivity contribution is 0.476. The van der Waals surface area contributed by atoms with Crippen molar-refractivity contribution in [1.82, 2.24) is 0 Å². The molecule has 0 fully saturated rings. The van der Waals surface area contributed by atoms with E-state index in [0.717, 1.165) is 4.70 Å². The van der Waals surface area contributed by atoms with Crippen LogP contribution in [0.5, 0.6) is 5.75 Å². The van der Waals surface area contributed by atoms with Crippen molar-refractivity contribution in [2.24, 2.45) is 0 Å². The first-order chi connectivity index (χ1) is 4.86. The van der Waals surface area contributed by atoms with Crippen LogP contribution in [0.3, 0.4) is 0 Å². The summed E-state index contributed by atoms with van der Waals surface area (Å²) in [4.78, 5) is 0. The number of phenolic OH excluding ortho intramolecular Hbond substituents is 1. The van der Waals surface area contributed by atoms with Gasteiger partial charge < -0.3 is 5.11 Å². The molecule has 3 heteroatoms. The van der Waals surface area contributed by atoms with E-state index in [0.29, 0.717) is 5.75 Å². The number of halogens is 1. The fourth-order valence-electron chi connectivity index (χ4n) is 0.943. The minimum atomic E-state index is 0. The summed E-state index contributed by atoms with van der Waals surface area (Å²) in [6, 6.07) is 7.44. The van der Waals surface area contributed by atoms with Crippen LogP contribution in [-0.4, -0.2) is 5.11 Å². The first kappa shape index (κ1) is 8.37. The Labute approximate surface area is 74.7 Å². The van der Waals surface area contributed by atoms with Crippen LogP contribution < -0.4 is 0 Å². The lowest BCUT2D eigenvalue weighted by Gasteiger charge is -1.89. The van der Waals surface area contributed by atoms with E-state index in [1.165, 1.54) is 5.39 Å². The van der Waals surface area contributed by atoms with Crippen molar-refractivity contribution in [3.8, 4) is 5.75 Å². The largest absolute Gasteiger partial charge is 0.508 e. The van der Waals surface area contributed by atoms with E-state index in [1.807, 2.05) is 17.5 Å². The second kappa shape index (κ2) is 3.11. The van der Waals surface area contributed by atoms with Crippen molar-refractivity contribution in [1.29, 1.82) is 0 Å². The number of thiophene rings is 1. The molecule has 0 aliphatic heterocycles. The highest BCUT2D eigenvalue weighted by molar-refractivity contribution is 7.17. The zero-order valence-corrected chi connectivity index (χ0v) is 7.28. The summed E-state index contributed by atoms with van der Waals surface area (Å²) in [5.41, 5.74) is 0. The summed E-state index contributed by atoms with van der Waals surface area (Å²) in [7, 11) is 0. The molecule has 1 N–H and O–H groups in total. The van der Waals surface area contributed by atoms with Crippen molar-refractivity contribution >= 4 is 33.8 Å². The van der Waals surface area contributed by atoms with Crippen LogP contribution >= 0.6 is 23.7 Å². The SMILES string of the molecule is Cl.Oc1ccc2ccsc2c1. The highest BCUT2D eigenvalue weighted by Gasteiger charge is 1.93. The highest BCUT2D eigenvalue weighted by Crippen LogP contribution is 2.24. The van der Waals surface area contributed by atoms with E-state index in [2.05, 4.69) is 0 Å². The molecule has 0 spiro atoms. The molecule has 1 heterocycles. The van der Waals surface area contributed by atoms with Gasteiger partial charge in [-0.25, -0.2) is 0 Å². The van der Waals surface area contributed by atoms with Crippen LogP contribution in [0.15, 0.2) is 29.6 Å². The van der Waals surface area contributed by atoms with Crippen LogP contribution in [0.4, 0.5) is 0 Å². The summed E-state index contributed by atoms with van der Waals surface area (Å²) in [5.74, 6) is 0.343. The van der Waals surface area contributed by atoms with E-state index < -0.39 is 0 Å². The third-order valence-electron chi connectivity index (χ3n) is 1.44. The monoisotopic (exact) mass is 186 g/mol. The van der Waals surface area contributed by atoms with Gasteiger partial charge in [-0.1, -0.05) is 0 Å². The highest BCUT2D eigenvalue weighted by atomic mass is 35.5. The van der Waals surface area contributed by atoms with Gasteiger partial charge in [0.2, 0.25) is 0 Å². The van der Waals surface area contributed by atoms with Gasteiger partial charge in [-0.15, -0.1) is 23.7 Å². The summed E-state index contributed by atoms with van der Waals surface area (Å²) in [6.45, 7) is 0. The van der Waals surface area contributed by atoms with Crippen LogP contribution in [0.25, 0.3) is 10.1 Å². The molecule has 0 amide bonds. The van der Waals surface area contributed by atoms with Crippen LogP contribution in [0.1, 0.15) is 0 Å². The molecule has 1 aromatic carbocycles. The Kier molecular flexibility index (Phi) is 2.37. The predicted octanol–water partition coefficient (Wildman–Crippen LogP) is 3.03. The van der Waals surface area contributed by atoms with Crippen molar-refractivity contribution in [3.05, 3.63) is 29.6 Å². The second-order valence-electron chi connectivity index (χ2n) is 2.14. The Morgan fingerprint density at radius 3 is 2.82 bits per heavy atom. The average molecular weight is 187 g/mol. The zero-order valence-electron chi connectivity index (χ0n) is 5.65. The number of phenols is 1. The van der Waals surface area contributed by atoms with Gasteiger partial charge in [-0.3, -0.25) is 0 Å². The number of hydrogen-bond acceptors (Lipinski definition) is 2. The molecule has 11 heavy (non-hydrogen) atoms. The quantitative estimate of drug-likeness (QED) is 0.671. The van der Waals surface area contributed by atoms with Gasteiger partial charge in [-0.05, 0) is 35.0 Å². The first-order valence-corrected chi connectivity index (χ1v) is 3.90. The maximum atomic E-state index is 9.06. The molecule has 2 aromatic rings. The molecule has 1 nitrogen and oxygen atoms in total. The Bertz CT molecular complexity index is 356. The summed E-state index contributed by atoms with van der Waals surface area (Å²) in [6.07, 6.45) is 0. The van der Waals surface area contributed by atoms with Gasteiger partial charge in [0.05, 0.1) is 0 Å². The zero-order chi connectivity index (χ0) is 6.97. The fraction of sp³-hybridized carbons (Fsp3) is 0. The third kappa shape index (κ3) is 1.47.